The molecule has 4 nitrogen and oxygen atoms in total. The van der Waals surface area contributed by atoms with Crippen LogP contribution in [0.25, 0.3) is 0 Å². The van der Waals surface area contributed by atoms with Gasteiger partial charge in [-0.25, -0.2) is 4.39 Å². The lowest BCUT2D eigenvalue weighted by molar-refractivity contribution is 0.332. The summed E-state index contributed by atoms with van der Waals surface area (Å²) >= 11 is 0. The molecule has 0 spiro atoms. The zero-order valence-corrected chi connectivity index (χ0v) is 13.1. The van der Waals surface area contributed by atoms with E-state index in [1.165, 1.54) is 12.1 Å². The number of halogens is 1. The maximum absolute atomic E-state index is 13.2. The summed E-state index contributed by atoms with van der Waals surface area (Å²) < 4.78 is 15.0. The Balaban J connectivity index is 2.39. The van der Waals surface area contributed by atoms with Crippen molar-refractivity contribution in [1.82, 2.24) is 20.3 Å². The molecule has 0 saturated carbocycles. The number of aromatic nitrogens is 3. The van der Waals surface area contributed by atoms with Gasteiger partial charge in [0.1, 0.15) is 5.82 Å². The first-order valence-electron chi connectivity index (χ1n) is 7.30. The lowest BCUT2D eigenvalue weighted by Crippen LogP contribution is -2.39. The second-order valence-electron chi connectivity index (χ2n) is 5.90. The highest BCUT2D eigenvalue weighted by Gasteiger charge is 2.34. The monoisotopic (exact) mass is 290 g/mol. The Morgan fingerprint density at radius 3 is 2.48 bits per heavy atom. The van der Waals surface area contributed by atoms with E-state index in [4.69, 9.17) is 0 Å². The quantitative estimate of drug-likeness (QED) is 0.889. The molecule has 0 amide bonds. The largest absolute Gasteiger partial charge is 0.308 e. The fourth-order valence-electron chi connectivity index (χ4n) is 2.62. The highest BCUT2D eigenvalue weighted by atomic mass is 19.1. The van der Waals surface area contributed by atoms with Crippen LogP contribution < -0.4 is 5.32 Å². The molecule has 1 aromatic heterocycles. The summed E-state index contributed by atoms with van der Waals surface area (Å²) in [5, 5.41) is 11.6. The van der Waals surface area contributed by atoms with Crippen LogP contribution in [0.3, 0.4) is 0 Å². The van der Waals surface area contributed by atoms with E-state index < -0.39 is 0 Å². The van der Waals surface area contributed by atoms with Crippen LogP contribution in [-0.2, 0) is 12.5 Å². The van der Waals surface area contributed by atoms with E-state index in [9.17, 15) is 4.39 Å². The van der Waals surface area contributed by atoms with Gasteiger partial charge in [0.2, 0.25) is 0 Å². The summed E-state index contributed by atoms with van der Waals surface area (Å²) in [5.74, 6) is -0.213. The second kappa shape index (κ2) is 6.35. The molecule has 2 aromatic rings. The molecule has 0 saturated heterocycles. The summed E-state index contributed by atoms with van der Waals surface area (Å²) in [4.78, 5) is 0. The Kier molecular flexibility index (Phi) is 4.73. The summed E-state index contributed by atoms with van der Waals surface area (Å²) in [6.45, 7) is 7.35. The molecular formula is C16H23FN4. The average molecular weight is 290 g/mol. The van der Waals surface area contributed by atoms with Gasteiger partial charge in [-0.1, -0.05) is 38.1 Å². The molecule has 0 radical (unpaired) electrons. The van der Waals surface area contributed by atoms with E-state index in [2.05, 4.69) is 36.4 Å². The Morgan fingerprint density at radius 2 is 1.95 bits per heavy atom. The Morgan fingerprint density at radius 1 is 1.29 bits per heavy atom. The Bertz CT molecular complexity index is 574. The predicted molar refractivity (Wildman–Crippen MR) is 81.5 cm³/mol. The van der Waals surface area contributed by atoms with Crippen LogP contribution in [0.5, 0.6) is 0 Å². The summed E-state index contributed by atoms with van der Waals surface area (Å²) in [6.07, 6.45) is 2.83. The van der Waals surface area contributed by atoms with Crippen LogP contribution in [0.4, 0.5) is 4.39 Å². The van der Waals surface area contributed by atoms with E-state index in [-0.39, 0.29) is 17.3 Å². The first kappa shape index (κ1) is 15.6. The van der Waals surface area contributed by atoms with Crippen LogP contribution in [-0.4, -0.2) is 21.5 Å². The average Bonchev–Trinajstić information content (AvgIpc) is 2.86. The lowest BCUT2D eigenvalue weighted by atomic mass is 9.76. The zero-order chi connectivity index (χ0) is 15.5. The maximum atomic E-state index is 13.2. The summed E-state index contributed by atoms with van der Waals surface area (Å²) in [5.41, 5.74) is 1.90. The van der Waals surface area contributed by atoms with Crippen molar-refractivity contribution in [3.05, 3.63) is 47.5 Å². The molecule has 1 unspecified atom stereocenters. The minimum atomic E-state index is -0.213. The standard InChI is InChI=1S/C16H23FN4/c1-5-10-18-15(14-11-19-20-21(14)4)16(2,3)12-6-8-13(17)9-7-12/h6-9,11,15,18H,5,10H2,1-4H3. The molecule has 0 aliphatic rings. The van der Waals surface area contributed by atoms with Gasteiger partial charge in [-0.2, -0.15) is 0 Å². The normalized spacial score (nSPS) is 13.4. The van der Waals surface area contributed by atoms with Crippen molar-refractivity contribution in [3.63, 3.8) is 0 Å². The number of benzene rings is 1. The number of nitrogens with one attached hydrogen (secondary N) is 1. The molecule has 1 atom stereocenters. The third kappa shape index (κ3) is 3.29. The molecule has 5 heteroatoms. The number of hydrogen-bond donors (Lipinski definition) is 1. The van der Waals surface area contributed by atoms with Crippen LogP contribution in [0.15, 0.2) is 30.5 Å². The zero-order valence-electron chi connectivity index (χ0n) is 13.1. The van der Waals surface area contributed by atoms with Crippen molar-refractivity contribution < 1.29 is 4.39 Å². The van der Waals surface area contributed by atoms with Crippen molar-refractivity contribution in [1.29, 1.82) is 0 Å². The number of hydrogen-bond acceptors (Lipinski definition) is 3. The molecule has 2 rings (SSSR count). The van der Waals surface area contributed by atoms with Gasteiger partial charge in [0.25, 0.3) is 0 Å². The van der Waals surface area contributed by atoms with Crippen LogP contribution in [0.2, 0.25) is 0 Å². The Hall–Kier alpha value is -1.75. The predicted octanol–water partition coefficient (Wildman–Crippen LogP) is 2.97. The van der Waals surface area contributed by atoms with Gasteiger partial charge in [0, 0.05) is 12.5 Å². The summed E-state index contributed by atoms with van der Waals surface area (Å²) in [6, 6.07) is 6.77. The molecule has 1 aromatic carbocycles. The van der Waals surface area contributed by atoms with Gasteiger partial charge in [-0.05, 0) is 30.7 Å². The highest BCUT2D eigenvalue weighted by Crippen LogP contribution is 2.36. The van der Waals surface area contributed by atoms with Crippen molar-refractivity contribution in [2.75, 3.05) is 6.54 Å². The van der Waals surface area contributed by atoms with Gasteiger partial charge in [-0.15, -0.1) is 5.10 Å². The highest BCUT2D eigenvalue weighted by molar-refractivity contribution is 5.29. The molecule has 0 aliphatic heterocycles. The van der Waals surface area contributed by atoms with Gasteiger partial charge in [-0.3, -0.25) is 4.68 Å². The smallest absolute Gasteiger partial charge is 0.123 e. The van der Waals surface area contributed by atoms with Gasteiger partial charge >= 0.3 is 0 Å². The van der Waals surface area contributed by atoms with Gasteiger partial charge in [0.15, 0.2) is 0 Å². The Labute approximate surface area is 125 Å². The first-order chi connectivity index (χ1) is 9.96. The maximum Gasteiger partial charge on any atom is 0.123 e. The number of aryl methyl sites for hydroxylation is 1. The fourth-order valence-corrected chi connectivity index (χ4v) is 2.62. The van der Waals surface area contributed by atoms with E-state index in [1.54, 1.807) is 10.9 Å². The van der Waals surface area contributed by atoms with Gasteiger partial charge in [0.05, 0.1) is 17.9 Å². The van der Waals surface area contributed by atoms with Crippen molar-refractivity contribution >= 4 is 0 Å². The van der Waals surface area contributed by atoms with Crippen LogP contribution in [0, 0.1) is 5.82 Å². The minimum Gasteiger partial charge on any atom is -0.308 e. The van der Waals surface area contributed by atoms with Crippen molar-refractivity contribution in [3.8, 4) is 0 Å². The second-order valence-corrected chi connectivity index (χ2v) is 5.90. The molecule has 114 valence electrons. The number of nitrogens with zero attached hydrogens (tertiary/aromatic N) is 3. The molecule has 0 aliphatic carbocycles. The third-order valence-corrected chi connectivity index (χ3v) is 3.95. The number of rotatable bonds is 6. The molecule has 0 fully saturated rings. The topological polar surface area (TPSA) is 42.7 Å². The SMILES string of the molecule is CCCNC(c1cnnn1C)C(C)(C)c1ccc(F)cc1. The lowest BCUT2D eigenvalue weighted by Gasteiger charge is -2.35. The molecule has 0 bridgehead atoms. The van der Waals surface area contributed by atoms with E-state index in [0.29, 0.717) is 0 Å². The fraction of sp³-hybridized carbons (Fsp3) is 0.500. The van der Waals surface area contributed by atoms with Crippen molar-refractivity contribution in [2.45, 2.75) is 38.6 Å². The van der Waals surface area contributed by atoms with E-state index in [1.807, 2.05) is 19.2 Å². The van der Waals surface area contributed by atoms with Gasteiger partial charge < -0.3 is 5.32 Å². The van der Waals surface area contributed by atoms with E-state index >= 15 is 0 Å². The summed E-state index contributed by atoms with van der Waals surface area (Å²) in [7, 11) is 1.89. The molecule has 1 heterocycles. The first-order valence-corrected chi connectivity index (χ1v) is 7.30. The molecule has 1 N–H and O–H groups in total. The van der Waals surface area contributed by atoms with Crippen LogP contribution in [0.1, 0.15) is 44.5 Å². The van der Waals surface area contributed by atoms with Crippen LogP contribution >= 0.6 is 0 Å². The molecule has 21 heavy (non-hydrogen) atoms. The van der Waals surface area contributed by atoms with Crippen molar-refractivity contribution in [2.24, 2.45) is 7.05 Å². The molecular weight excluding hydrogens is 267 g/mol. The minimum absolute atomic E-state index is 0.0583. The third-order valence-electron chi connectivity index (χ3n) is 3.95. The van der Waals surface area contributed by atoms with E-state index in [0.717, 1.165) is 24.2 Å².